The molecule has 1 saturated carbocycles. The highest BCUT2D eigenvalue weighted by Crippen LogP contribution is 2.27. The second-order valence-electron chi connectivity index (χ2n) is 10.2. The van der Waals surface area contributed by atoms with Gasteiger partial charge in [-0.15, -0.1) is 0 Å². The number of carbonyl (C=O) groups is 1. The molecule has 1 aromatic heterocycles. The SMILES string of the molecule is C/C=C(\C)Cl.C=C(C)C/C(O)=C/C(=C/C(F)(F)F)C(=O)NC1CCC(Nc2nc(N(C)C)c3ccccc3n2)CC1. The highest BCUT2D eigenvalue weighted by atomic mass is 35.5. The molecular weight excluding hydrogens is 555 g/mol. The van der Waals surface area contributed by atoms with Gasteiger partial charge in [-0.1, -0.05) is 42.0 Å². The first-order valence-corrected chi connectivity index (χ1v) is 13.7. The van der Waals surface area contributed by atoms with Crippen molar-refractivity contribution in [2.24, 2.45) is 0 Å². The van der Waals surface area contributed by atoms with E-state index in [4.69, 9.17) is 11.6 Å². The molecule has 0 bridgehead atoms. The number of nitrogens with zero attached hydrogens (tertiary/aromatic N) is 3. The molecule has 0 atom stereocenters. The van der Waals surface area contributed by atoms with Gasteiger partial charge in [-0.05, 0) is 64.7 Å². The monoisotopic (exact) mass is 593 g/mol. The molecule has 2 aromatic rings. The summed E-state index contributed by atoms with van der Waals surface area (Å²) in [6.07, 6.45) is 0.442. The topological polar surface area (TPSA) is 90.4 Å². The van der Waals surface area contributed by atoms with Gasteiger partial charge in [-0.25, -0.2) is 4.98 Å². The second kappa shape index (κ2) is 15.5. The number of aromatic nitrogens is 2. The van der Waals surface area contributed by atoms with Crippen molar-refractivity contribution in [3.05, 3.63) is 71.0 Å². The summed E-state index contributed by atoms with van der Waals surface area (Å²) in [7, 11) is 3.84. The van der Waals surface area contributed by atoms with E-state index in [2.05, 4.69) is 27.2 Å². The number of hydrogen-bond donors (Lipinski definition) is 3. The number of amides is 1. The van der Waals surface area contributed by atoms with E-state index >= 15 is 0 Å². The highest BCUT2D eigenvalue weighted by molar-refractivity contribution is 6.29. The average Bonchev–Trinajstić information content (AvgIpc) is 2.88. The Morgan fingerprint density at radius 2 is 1.73 bits per heavy atom. The van der Waals surface area contributed by atoms with E-state index in [1.807, 2.05) is 63.2 Å². The lowest BCUT2D eigenvalue weighted by Crippen LogP contribution is -2.41. The van der Waals surface area contributed by atoms with Crippen LogP contribution in [0.1, 0.15) is 52.9 Å². The molecule has 0 unspecified atom stereocenters. The van der Waals surface area contributed by atoms with E-state index < -0.39 is 17.7 Å². The number of fused-ring (bicyclic) bond motifs is 1. The number of nitrogens with one attached hydrogen (secondary N) is 2. The van der Waals surface area contributed by atoms with Crippen molar-refractivity contribution in [3.8, 4) is 0 Å². The Morgan fingerprint density at radius 3 is 2.27 bits per heavy atom. The van der Waals surface area contributed by atoms with Crippen LogP contribution in [0.3, 0.4) is 0 Å². The molecule has 41 heavy (non-hydrogen) atoms. The summed E-state index contributed by atoms with van der Waals surface area (Å²) in [5.41, 5.74) is 0.753. The summed E-state index contributed by atoms with van der Waals surface area (Å²) in [4.78, 5) is 23.8. The van der Waals surface area contributed by atoms with Crippen LogP contribution in [0.4, 0.5) is 24.9 Å². The van der Waals surface area contributed by atoms with E-state index in [0.29, 0.717) is 37.2 Å². The fourth-order valence-corrected chi connectivity index (χ4v) is 4.19. The number of allylic oxidation sites excluding steroid dienone is 4. The van der Waals surface area contributed by atoms with E-state index in [9.17, 15) is 23.1 Å². The zero-order valence-electron chi connectivity index (χ0n) is 24.1. The Balaban J connectivity index is 0.00000108. The first kappa shape index (κ1) is 33.7. The number of rotatable bonds is 8. The average molecular weight is 594 g/mol. The summed E-state index contributed by atoms with van der Waals surface area (Å²) in [5.74, 6) is 0.0911. The smallest absolute Gasteiger partial charge is 0.410 e. The van der Waals surface area contributed by atoms with Crippen molar-refractivity contribution in [3.63, 3.8) is 0 Å². The lowest BCUT2D eigenvalue weighted by atomic mass is 9.91. The molecule has 1 aliphatic carbocycles. The molecule has 1 aromatic carbocycles. The molecule has 3 N–H and O–H groups in total. The maximum absolute atomic E-state index is 13.0. The van der Waals surface area contributed by atoms with Crippen LogP contribution in [-0.2, 0) is 4.79 Å². The second-order valence-corrected chi connectivity index (χ2v) is 10.8. The first-order valence-electron chi connectivity index (χ1n) is 13.3. The van der Waals surface area contributed by atoms with Crippen LogP contribution in [0.5, 0.6) is 0 Å². The number of benzene rings is 1. The van der Waals surface area contributed by atoms with Gasteiger partial charge in [-0.2, -0.15) is 18.2 Å². The fourth-order valence-electron chi connectivity index (χ4n) is 4.19. The van der Waals surface area contributed by atoms with Gasteiger partial charge >= 0.3 is 6.18 Å². The van der Waals surface area contributed by atoms with Crippen LogP contribution in [-0.4, -0.2) is 53.3 Å². The molecule has 1 fully saturated rings. The predicted octanol–water partition coefficient (Wildman–Crippen LogP) is 7.58. The molecule has 1 amide bonds. The minimum absolute atomic E-state index is 0.00830. The van der Waals surface area contributed by atoms with E-state index in [1.54, 1.807) is 6.92 Å². The molecule has 11 heteroatoms. The van der Waals surface area contributed by atoms with Gasteiger partial charge in [0.25, 0.3) is 5.91 Å². The summed E-state index contributed by atoms with van der Waals surface area (Å²) < 4.78 is 39.0. The molecule has 0 saturated heterocycles. The van der Waals surface area contributed by atoms with Gasteiger partial charge in [-0.3, -0.25) is 4.79 Å². The fraction of sp³-hybridized carbons (Fsp3) is 0.433. The zero-order valence-corrected chi connectivity index (χ0v) is 24.9. The standard InChI is InChI=1S/C26H32F3N5O2.C4H7Cl/c1-16(2)13-20(35)14-17(15-26(27,28)29)24(36)30-18-9-11-19(12-10-18)31-25-32-22-8-6-5-7-21(22)23(33-25)34(3)4;1-3-4(2)5/h5-8,14-15,18-19,35H,1,9-13H2,2-4H3,(H,30,36)(H,31,32,33);3H,1-2H3/b17-15-,20-14-;4-3+. The van der Waals surface area contributed by atoms with Crippen LogP contribution >= 0.6 is 11.6 Å². The Kier molecular flexibility index (Phi) is 12.7. The Morgan fingerprint density at radius 1 is 1.15 bits per heavy atom. The quantitative estimate of drug-likeness (QED) is 0.126. The molecule has 0 spiro atoms. The Labute approximate surface area is 244 Å². The van der Waals surface area contributed by atoms with Crippen molar-refractivity contribution in [2.45, 2.75) is 71.1 Å². The van der Waals surface area contributed by atoms with E-state index in [0.717, 1.165) is 27.8 Å². The van der Waals surface area contributed by atoms with Gasteiger partial charge < -0.3 is 20.6 Å². The van der Waals surface area contributed by atoms with Crippen molar-refractivity contribution in [1.82, 2.24) is 15.3 Å². The molecule has 224 valence electrons. The Bertz CT molecular complexity index is 1290. The van der Waals surface area contributed by atoms with Crippen LogP contribution < -0.4 is 15.5 Å². The maximum atomic E-state index is 13.0. The number of hydrogen-bond acceptors (Lipinski definition) is 6. The van der Waals surface area contributed by atoms with Crippen LogP contribution in [0.25, 0.3) is 10.9 Å². The third kappa shape index (κ3) is 11.9. The van der Waals surface area contributed by atoms with Crippen molar-refractivity contribution >= 4 is 40.2 Å². The van der Waals surface area contributed by atoms with E-state index in [-0.39, 0.29) is 30.3 Å². The number of alkyl halides is 3. The van der Waals surface area contributed by atoms with Crippen molar-refractivity contribution in [1.29, 1.82) is 0 Å². The van der Waals surface area contributed by atoms with Gasteiger partial charge in [0.15, 0.2) is 0 Å². The van der Waals surface area contributed by atoms with Crippen molar-refractivity contribution < 1.29 is 23.1 Å². The molecular formula is C30H39ClF3N5O2. The Hall–Kier alpha value is -3.53. The van der Waals surface area contributed by atoms with Gasteiger partial charge in [0, 0.05) is 54.7 Å². The summed E-state index contributed by atoms with van der Waals surface area (Å²) in [6, 6.07) is 7.54. The van der Waals surface area contributed by atoms with Crippen LogP contribution in [0.2, 0.25) is 0 Å². The first-order chi connectivity index (χ1) is 19.2. The molecule has 1 aliphatic rings. The number of aliphatic hydroxyl groups is 1. The lowest BCUT2D eigenvalue weighted by Gasteiger charge is -2.30. The number of anilines is 2. The third-order valence-corrected chi connectivity index (χ3v) is 6.40. The van der Waals surface area contributed by atoms with Gasteiger partial charge in [0.2, 0.25) is 5.95 Å². The molecule has 0 aliphatic heterocycles. The number of para-hydroxylation sites is 1. The number of aliphatic hydroxyl groups excluding tert-OH is 1. The van der Waals surface area contributed by atoms with Gasteiger partial charge in [0.1, 0.15) is 5.82 Å². The number of carbonyl (C=O) groups excluding carboxylic acids is 1. The normalized spacial score (nSPS) is 18.3. The number of halogens is 4. The lowest BCUT2D eigenvalue weighted by molar-refractivity contribution is -0.119. The van der Waals surface area contributed by atoms with Crippen LogP contribution in [0.15, 0.2) is 71.0 Å². The molecule has 7 nitrogen and oxygen atoms in total. The molecule has 1 heterocycles. The highest BCUT2D eigenvalue weighted by Gasteiger charge is 2.28. The predicted molar refractivity (Wildman–Crippen MR) is 161 cm³/mol. The minimum atomic E-state index is -4.69. The van der Waals surface area contributed by atoms with Crippen molar-refractivity contribution in [2.75, 3.05) is 24.3 Å². The summed E-state index contributed by atoms with van der Waals surface area (Å²) in [6.45, 7) is 9.01. The summed E-state index contributed by atoms with van der Waals surface area (Å²) >= 11 is 5.32. The van der Waals surface area contributed by atoms with E-state index in [1.165, 1.54) is 0 Å². The molecule has 3 rings (SSSR count). The van der Waals surface area contributed by atoms with Gasteiger partial charge in [0.05, 0.1) is 11.3 Å². The maximum Gasteiger partial charge on any atom is 0.410 e. The summed E-state index contributed by atoms with van der Waals surface area (Å²) in [5, 5.41) is 17.8. The van der Waals surface area contributed by atoms with Crippen LogP contribution in [0, 0.1) is 0 Å². The third-order valence-electron chi connectivity index (χ3n) is 6.19. The molecule has 0 radical (unpaired) electrons. The minimum Gasteiger partial charge on any atom is -0.512 e. The zero-order chi connectivity index (χ0) is 30.7. The largest absolute Gasteiger partial charge is 0.512 e.